The summed E-state index contributed by atoms with van der Waals surface area (Å²) in [5.74, 6) is 0. The lowest BCUT2D eigenvalue weighted by Crippen LogP contribution is -2.10. The van der Waals surface area contributed by atoms with E-state index in [0.717, 1.165) is 11.4 Å². The summed E-state index contributed by atoms with van der Waals surface area (Å²) in [6.45, 7) is 2.11. The first-order valence-corrected chi connectivity index (χ1v) is 11.0. The molecular formula is C31H25N. The van der Waals surface area contributed by atoms with Gasteiger partial charge in [0.05, 0.1) is 5.69 Å². The molecule has 0 heterocycles. The van der Waals surface area contributed by atoms with E-state index in [1.54, 1.807) is 0 Å². The van der Waals surface area contributed by atoms with Gasteiger partial charge in [0.25, 0.3) is 0 Å². The van der Waals surface area contributed by atoms with Crippen molar-refractivity contribution in [1.82, 2.24) is 0 Å². The van der Waals surface area contributed by atoms with Crippen molar-refractivity contribution < 1.29 is 0 Å². The zero-order valence-electron chi connectivity index (χ0n) is 18.1. The Morgan fingerprint density at radius 1 is 0.500 bits per heavy atom. The summed E-state index contributed by atoms with van der Waals surface area (Å²) in [7, 11) is 0. The molecular weight excluding hydrogens is 386 g/mol. The lowest BCUT2D eigenvalue weighted by molar-refractivity contribution is 1.30. The molecule has 0 amide bonds. The van der Waals surface area contributed by atoms with E-state index in [2.05, 4.69) is 145 Å². The number of aryl methyl sites for hydroxylation is 1. The van der Waals surface area contributed by atoms with E-state index < -0.39 is 0 Å². The molecule has 5 rings (SSSR count). The summed E-state index contributed by atoms with van der Waals surface area (Å²) in [5.41, 5.74) is 7.13. The van der Waals surface area contributed by atoms with Crippen LogP contribution in [0.25, 0.3) is 22.9 Å². The largest absolute Gasteiger partial charge is 0.310 e. The second-order valence-corrected chi connectivity index (χ2v) is 8.00. The summed E-state index contributed by atoms with van der Waals surface area (Å²) in [6, 6.07) is 43.0. The Hall–Kier alpha value is -4.10. The predicted octanol–water partition coefficient (Wildman–Crippen LogP) is 8.79. The van der Waals surface area contributed by atoms with E-state index in [9.17, 15) is 0 Å². The standard InChI is InChI=1S/C31H25N/c1-24-14-16-25(17-15-24)18-19-26-20-22-29(23-21-26)32(28-10-3-2-4-11-28)31-13-7-9-27-8-5-6-12-30(27)31/h2-23H,1H3/b19-18+. The maximum Gasteiger partial charge on any atom is 0.0540 e. The van der Waals surface area contributed by atoms with E-state index in [-0.39, 0.29) is 0 Å². The van der Waals surface area contributed by atoms with Crippen LogP contribution in [0, 0.1) is 6.92 Å². The van der Waals surface area contributed by atoms with Gasteiger partial charge in [0.15, 0.2) is 0 Å². The molecule has 0 radical (unpaired) electrons. The van der Waals surface area contributed by atoms with Crippen molar-refractivity contribution >= 4 is 40.0 Å². The van der Waals surface area contributed by atoms with Gasteiger partial charge in [0, 0.05) is 16.8 Å². The van der Waals surface area contributed by atoms with Gasteiger partial charge >= 0.3 is 0 Å². The minimum absolute atomic E-state index is 1.14. The fraction of sp³-hybridized carbons (Fsp3) is 0.0323. The SMILES string of the molecule is Cc1ccc(/C=C/c2ccc(N(c3ccccc3)c3cccc4ccccc34)cc2)cc1. The molecule has 1 heteroatoms. The smallest absolute Gasteiger partial charge is 0.0540 e. The molecule has 0 saturated carbocycles. The van der Waals surface area contributed by atoms with Crippen molar-refractivity contribution in [3.63, 3.8) is 0 Å². The molecule has 0 aliphatic carbocycles. The normalized spacial score (nSPS) is 11.2. The van der Waals surface area contributed by atoms with Crippen LogP contribution in [0.5, 0.6) is 0 Å². The van der Waals surface area contributed by atoms with Gasteiger partial charge in [-0.3, -0.25) is 0 Å². The van der Waals surface area contributed by atoms with Crippen LogP contribution in [0.3, 0.4) is 0 Å². The number of hydrogen-bond donors (Lipinski definition) is 0. The maximum absolute atomic E-state index is 2.33. The van der Waals surface area contributed by atoms with Gasteiger partial charge in [-0.1, -0.05) is 109 Å². The molecule has 32 heavy (non-hydrogen) atoms. The highest BCUT2D eigenvalue weighted by Gasteiger charge is 2.14. The van der Waals surface area contributed by atoms with E-state index >= 15 is 0 Å². The van der Waals surface area contributed by atoms with Crippen LogP contribution < -0.4 is 4.90 Å². The van der Waals surface area contributed by atoms with Crippen LogP contribution in [0.4, 0.5) is 17.1 Å². The highest BCUT2D eigenvalue weighted by molar-refractivity contribution is 5.98. The minimum Gasteiger partial charge on any atom is -0.310 e. The van der Waals surface area contributed by atoms with E-state index in [1.807, 2.05) is 0 Å². The summed E-state index contributed by atoms with van der Waals surface area (Å²) in [4.78, 5) is 2.33. The van der Waals surface area contributed by atoms with Gasteiger partial charge in [-0.25, -0.2) is 0 Å². The maximum atomic E-state index is 2.33. The second-order valence-electron chi connectivity index (χ2n) is 8.00. The summed E-state index contributed by atoms with van der Waals surface area (Å²) in [6.07, 6.45) is 4.33. The highest BCUT2D eigenvalue weighted by Crippen LogP contribution is 2.38. The molecule has 5 aromatic carbocycles. The number of para-hydroxylation sites is 1. The van der Waals surface area contributed by atoms with E-state index in [0.29, 0.717) is 0 Å². The average Bonchev–Trinajstić information content (AvgIpc) is 2.85. The van der Waals surface area contributed by atoms with Gasteiger partial charge < -0.3 is 4.90 Å². The Labute approximate surface area is 189 Å². The average molecular weight is 412 g/mol. The molecule has 0 spiro atoms. The summed E-state index contributed by atoms with van der Waals surface area (Å²) >= 11 is 0. The van der Waals surface area contributed by atoms with Crippen LogP contribution in [-0.2, 0) is 0 Å². The molecule has 5 aromatic rings. The third-order valence-corrected chi connectivity index (χ3v) is 5.72. The van der Waals surface area contributed by atoms with E-state index in [4.69, 9.17) is 0 Å². The molecule has 0 unspecified atom stereocenters. The van der Waals surface area contributed by atoms with Crippen molar-refractivity contribution in [2.45, 2.75) is 6.92 Å². The van der Waals surface area contributed by atoms with Crippen LogP contribution in [-0.4, -0.2) is 0 Å². The van der Waals surface area contributed by atoms with Crippen LogP contribution in [0.1, 0.15) is 16.7 Å². The fourth-order valence-electron chi connectivity index (χ4n) is 4.01. The van der Waals surface area contributed by atoms with Crippen molar-refractivity contribution in [3.05, 3.63) is 138 Å². The zero-order valence-corrected chi connectivity index (χ0v) is 18.1. The van der Waals surface area contributed by atoms with Gasteiger partial charge in [0.1, 0.15) is 0 Å². The van der Waals surface area contributed by atoms with Crippen molar-refractivity contribution in [2.75, 3.05) is 4.90 Å². The molecule has 0 aliphatic heterocycles. The minimum atomic E-state index is 1.14. The number of hydrogen-bond acceptors (Lipinski definition) is 1. The fourth-order valence-corrected chi connectivity index (χ4v) is 4.01. The number of nitrogens with zero attached hydrogens (tertiary/aromatic N) is 1. The van der Waals surface area contributed by atoms with Crippen LogP contribution in [0.2, 0.25) is 0 Å². The first-order chi connectivity index (χ1) is 15.8. The molecule has 0 N–H and O–H groups in total. The van der Waals surface area contributed by atoms with E-state index in [1.165, 1.54) is 33.2 Å². The number of anilines is 3. The molecule has 0 bridgehead atoms. The van der Waals surface area contributed by atoms with Gasteiger partial charge in [-0.2, -0.15) is 0 Å². The lowest BCUT2D eigenvalue weighted by Gasteiger charge is -2.27. The first-order valence-electron chi connectivity index (χ1n) is 11.0. The topological polar surface area (TPSA) is 3.24 Å². The van der Waals surface area contributed by atoms with Crippen molar-refractivity contribution in [3.8, 4) is 0 Å². The monoisotopic (exact) mass is 411 g/mol. The van der Waals surface area contributed by atoms with Crippen LogP contribution in [0.15, 0.2) is 121 Å². The number of benzene rings is 5. The van der Waals surface area contributed by atoms with Crippen molar-refractivity contribution in [2.24, 2.45) is 0 Å². The predicted molar refractivity (Wildman–Crippen MR) is 139 cm³/mol. The summed E-state index contributed by atoms with van der Waals surface area (Å²) < 4.78 is 0. The zero-order chi connectivity index (χ0) is 21.8. The van der Waals surface area contributed by atoms with Crippen LogP contribution >= 0.6 is 0 Å². The Balaban J connectivity index is 1.53. The highest BCUT2D eigenvalue weighted by atomic mass is 15.1. The lowest BCUT2D eigenvalue weighted by atomic mass is 10.1. The molecule has 0 aromatic heterocycles. The Bertz CT molecular complexity index is 1340. The molecule has 0 saturated heterocycles. The van der Waals surface area contributed by atoms with Gasteiger partial charge in [0.2, 0.25) is 0 Å². The second kappa shape index (κ2) is 8.95. The Morgan fingerprint density at radius 2 is 1.06 bits per heavy atom. The van der Waals surface area contributed by atoms with Gasteiger partial charge in [-0.15, -0.1) is 0 Å². The first kappa shape index (κ1) is 19.8. The van der Waals surface area contributed by atoms with Crippen molar-refractivity contribution in [1.29, 1.82) is 0 Å². The molecule has 0 atom stereocenters. The number of fused-ring (bicyclic) bond motifs is 1. The van der Waals surface area contributed by atoms with Gasteiger partial charge in [-0.05, 0) is 53.8 Å². The quantitative estimate of drug-likeness (QED) is 0.261. The molecule has 0 aliphatic rings. The third-order valence-electron chi connectivity index (χ3n) is 5.72. The Morgan fingerprint density at radius 3 is 1.78 bits per heavy atom. The third kappa shape index (κ3) is 4.19. The number of rotatable bonds is 5. The Kier molecular flexibility index (Phi) is 5.55. The molecule has 154 valence electrons. The molecule has 1 nitrogen and oxygen atoms in total. The summed E-state index contributed by atoms with van der Waals surface area (Å²) in [5, 5.41) is 2.48. The molecule has 0 fully saturated rings.